The lowest BCUT2D eigenvalue weighted by Gasteiger charge is -2.07. The van der Waals surface area contributed by atoms with Crippen LogP contribution >= 0.6 is 34.2 Å². The van der Waals surface area contributed by atoms with Gasteiger partial charge >= 0.3 is 0 Å². The zero-order valence-corrected chi connectivity index (χ0v) is 13.8. The fourth-order valence-electron chi connectivity index (χ4n) is 2.23. The van der Waals surface area contributed by atoms with E-state index in [1.807, 2.05) is 42.1 Å². The first kappa shape index (κ1) is 13.7. The number of hydrogen-bond donors (Lipinski definition) is 1. The topological polar surface area (TPSA) is 29.9 Å². The number of nitrogens with one attached hydrogen (secondary N) is 1. The van der Waals surface area contributed by atoms with Gasteiger partial charge in [-0.2, -0.15) is 5.10 Å². The van der Waals surface area contributed by atoms with Gasteiger partial charge in [0.25, 0.3) is 0 Å². The van der Waals surface area contributed by atoms with Crippen LogP contribution in [0.5, 0.6) is 0 Å². The highest BCUT2D eigenvalue weighted by molar-refractivity contribution is 14.1. The molecule has 1 heterocycles. The molecule has 0 aliphatic carbocycles. The summed E-state index contributed by atoms with van der Waals surface area (Å²) in [4.78, 5) is 0. The fraction of sp³-hybridized carbons (Fsp3) is 0.133. The molecule has 3 nitrogen and oxygen atoms in total. The van der Waals surface area contributed by atoms with Crippen molar-refractivity contribution in [2.45, 2.75) is 6.54 Å². The van der Waals surface area contributed by atoms with Crippen LogP contribution in [0, 0.1) is 3.57 Å². The first-order valence-corrected chi connectivity index (χ1v) is 7.70. The highest BCUT2D eigenvalue weighted by atomic mass is 127. The highest BCUT2D eigenvalue weighted by Gasteiger charge is 2.08. The van der Waals surface area contributed by atoms with Gasteiger partial charge in [-0.1, -0.05) is 29.8 Å². The quantitative estimate of drug-likeness (QED) is 0.662. The Morgan fingerprint density at radius 3 is 2.85 bits per heavy atom. The molecule has 20 heavy (non-hydrogen) atoms. The molecule has 0 aliphatic rings. The molecule has 2 aromatic carbocycles. The number of halogens is 2. The molecule has 0 radical (unpaired) electrons. The molecule has 3 rings (SSSR count). The summed E-state index contributed by atoms with van der Waals surface area (Å²) < 4.78 is 3.03. The predicted octanol–water partition coefficient (Wildman–Crippen LogP) is 4.44. The van der Waals surface area contributed by atoms with Crippen molar-refractivity contribution < 1.29 is 0 Å². The summed E-state index contributed by atoms with van der Waals surface area (Å²) in [6, 6.07) is 14.2. The van der Waals surface area contributed by atoms with Crippen molar-refractivity contribution >= 4 is 50.8 Å². The van der Waals surface area contributed by atoms with Crippen LogP contribution in [-0.4, -0.2) is 9.78 Å². The van der Waals surface area contributed by atoms with Gasteiger partial charge in [0.2, 0.25) is 0 Å². The molecular formula is C15H13ClIN3. The minimum atomic E-state index is 0.654. The van der Waals surface area contributed by atoms with E-state index in [0.717, 1.165) is 25.5 Å². The van der Waals surface area contributed by atoms with E-state index in [0.29, 0.717) is 6.54 Å². The van der Waals surface area contributed by atoms with Gasteiger partial charge in [0.05, 0.1) is 28.5 Å². The van der Waals surface area contributed by atoms with Gasteiger partial charge in [-0.3, -0.25) is 4.68 Å². The summed E-state index contributed by atoms with van der Waals surface area (Å²) in [7, 11) is 1.96. The number of para-hydroxylation sites is 1. The average molecular weight is 398 g/mol. The van der Waals surface area contributed by atoms with Crippen LogP contribution in [0.15, 0.2) is 42.5 Å². The third-order valence-electron chi connectivity index (χ3n) is 3.21. The number of fused-ring (bicyclic) bond motifs is 1. The molecule has 102 valence electrons. The van der Waals surface area contributed by atoms with Crippen LogP contribution in [0.1, 0.15) is 5.69 Å². The SMILES string of the molecule is Cn1nc(CNc2ccc(I)cc2Cl)c2ccccc21. The van der Waals surface area contributed by atoms with E-state index in [-0.39, 0.29) is 0 Å². The summed E-state index contributed by atoms with van der Waals surface area (Å²) >= 11 is 8.48. The average Bonchev–Trinajstić information content (AvgIpc) is 2.75. The Kier molecular flexibility index (Phi) is 3.85. The van der Waals surface area contributed by atoms with Gasteiger partial charge in [0, 0.05) is 16.0 Å². The molecule has 3 aromatic rings. The lowest BCUT2D eigenvalue weighted by Crippen LogP contribution is -2.02. The highest BCUT2D eigenvalue weighted by Crippen LogP contribution is 2.25. The normalized spacial score (nSPS) is 10.9. The Hall–Kier alpha value is -1.27. The van der Waals surface area contributed by atoms with E-state index < -0.39 is 0 Å². The molecule has 1 N–H and O–H groups in total. The van der Waals surface area contributed by atoms with Gasteiger partial charge in [0.1, 0.15) is 0 Å². The summed E-state index contributed by atoms with van der Waals surface area (Å²) in [6.45, 7) is 0.654. The number of nitrogens with zero attached hydrogens (tertiary/aromatic N) is 2. The van der Waals surface area contributed by atoms with Crippen molar-refractivity contribution in [1.82, 2.24) is 9.78 Å². The summed E-state index contributed by atoms with van der Waals surface area (Å²) in [6.07, 6.45) is 0. The van der Waals surface area contributed by atoms with Gasteiger partial charge in [-0.15, -0.1) is 0 Å². The largest absolute Gasteiger partial charge is 0.378 e. The van der Waals surface area contributed by atoms with Crippen molar-refractivity contribution in [3.63, 3.8) is 0 Å². The van der Waals surface area contributed by atoms with Crippen LogP contribution < -0.4 is 5.32 Å². The monoisotopic (exact) mass is 397 g/mol. The van der Waals surface area contributed by atoms with E-state index >= 15 is 0 Å². The number of aryl methyl sites for hydroxylation is 1. The van der Waals surface area contributed by atoms with Crippen molar-refractivity contribution in [1.29, 1.82) is 0 Å². The van der Waals surface area contributed by atoms with Gasteiger partial charge in [-0.05, 0) is 46.9 Å². The van der Waals surface area contributed by atoms with E-state index in [1.54, 1.807) is 0 Å². The third kappa shape index (κ3) is 2.62. The van der Waals surface area contributed by atoms with Crippen LogP contribution in [-0.2, 0) is 13.6 Å². The molecular weight excluding hydrogens is 385 g/mol. The molecule has 0 aliphatic heterocycles. The minimum Gasteiger partial charge on any atom is -0.378 e. The first-order chi connectivity index (χ1) is 9.65. The standard InChI is InChI=1S/C15H13ClIN3/c1-20-15-5-3-2-4-11(15)14(19-20)9-18-13-7-6-10(17)8-12(13)16/h2-8,18H,9H2,1H3. The van der Waals surface area contributed by atoms with Gasteiger partial charge < -0.3 is 5.32 Å². The number of benzene rings is 2. The lowest BCUT2D eigenvalue weighted by atomic mass is 10.2. The predicted molar refractivity (Wildman–Crippen MR) is 92.2 cm³/mol. The molecule has 5 heteroatoms. The van der Waals surface area contributed by atoms with E-state index in [1.165, 1.54) is 5.39 Å². The molecule has 1 aromatic heterocycles. The fourth-order valence-corrected chi connectivity index (χ4v) is 3.15. The Balaban J connectivity index is 1.87. The second-order valence-corrected chi connectivity index (χ2v) is 6.22. The summed E-state index contributed by atoms with van der Waals surface area (Å²) in [5.41, 5.74) is 3.09. The Labute approximate surface area is 136 Å². The summed E-state index contributed by atoms with van der Waals surface area (Å²) in [5, 5.41) is 9.82. The molecule has 0 bridgehead atoms. The lowest BCUT2D eigenvalue weighted by molar-refractivity contribution is 0.771. The maximum Gasteiger partial charge on any atom is 0.0894 e. The van der Waals surface area contributed by atoms with Crippen LogP contribution in [0.2, 0.25) is 5.02 Å². The third-order valence-corrected chi connectivity index (χ3v) is 4.20. The van der Waals surface area contributed by atoms with Crippen molar-refractivity contribution in [3.8, 4) is 0 Å². The molecule has 0 amide bonds. The van der Waals surface area contributed by atoms with Crippen molar-refractivity contribution in [2.24, 2.45) is 7.05 Å². The number of hydrogen-bond acceptors (Lipinski definition) is 2. The minimum absolute atomic E-state index is 0.654. The van der Waals surface area contributed by atoms with Crippen molar-refractivity contribution in [2.75, 3.05) is 5.32 Å². The smallest absolute Gasteiger partial charge is 0.0894 e. The molecule has 0 saturated heterocycles. The molecule has 0 atom stereocenters. The Morgan fingerprint density at radius 2 is 2.05 bits per heavy atom. The zero-order chi connectivity index (χ0) is 14.1. The van der Waals surface area contributed by atoms with Crippen LogP contribution in [0.25, 0.3) is 10.9 Å². The molecule has 0 spiro atoms. The van der Waals surface area contributed by atoms with E-state index in [2.05, 4.69) is 45.1 Å². The second-order valence-electron chi connectivity index (χ2n) is 4.57. The van der Waals surface area contributed by atoms with Gasteiger partial charge in [-0.25, -0.2) is 0 Å². The van der Waals surface area contributed by atoms with Crippen LogP contribution in [0.4, 0.5) is 5.69 Å². The van der Waals surface area contributed by atoms with Crippen LogP contribution in [0.3, 0.4) is 0 Å². The second kappa shape index (κ2) is 5.61. The number of anilines is 1. The zero-order valence-electron chi connectivity index (χ0n) is 10.9. The number of rotatable bonds is 3. The first-order valence-electron chi connectivity index (χ1n) is 6.24. The van der Waals surface area contributed by atoms with E-state index in [4.69, 9.17) is 11.6 Å². The number of aromatic nitrogens is 2. The van der Waals surface area contributed by atoms with Gasteiger partial charge in [0.15, 0.2) is 0 Å². The van der Waals surface area contributed by atoms with Crippen molar-refractivity contribution in [3.05, 3.63) is 56.8 Å². The maximum absolute atomic E-state index is 6.23. The molecule has 0 fully saturated rings. The van der Waals surface area contributed by atoms with E-state index in [9.17, 15) is 0 Å². The molecule has 0 saturated carbocycles. The Morgan fingerprint density at radius 1 is 1.25 bits per heavy atom. The molecule has 0 unspecified atom stereocenters. The Bertz CT molecular complexity index is 767. The summed E-state index contributed by atoms with van der Waals surface area (Å²) in [5.74, 6) is 0. The maximum atomic E-state index is 6.23.